The number of nitro benzene ring substituents is 1. The molecule has 5 nitrogen and oxygen atoms in total. The maximum absolute atomic E-state index is 10.7. The van der Waals surface area contributed by atoms with Crippen LogP contribution in [0.2, 0.25) is 0 Å². The molecule has 0 saturated heterocycles. The Labute approximate surface area is 132 Å². The van der Waals surface area contributed by atoms with E-state index in [9.17, 15) is 10.1 Å². The lowest BCUT2D eigenvalue weighted by Crippen LogP contribution is -2.26. The molecule has 0 N–H and O–H groups in total. The number of hydrogen-bond acceptors (Lipinski definition) is 5. The lowest BCUT2D eigenvalue weighted by atomic mass is 10.0. The van der Waals surface area contributed by atoms with Crippen LogP contribution in [0.15, 0.2) is 52.4 Å². The van der Waals surface area contributed by atoms with Gasteiger partial charge in [0.1, 0.15) is 5.84 Å². The first kappa shape index (κ1) is 13.3. The summed E-state index contributed by atoms with van der Waals surface area (Å²) >= 11 is 1.73. The number of aliphatic imine (C=N–C) groups is 1. The van der Waals surface area contributed by atoms with Crippen molar-refractivity contribution in [2.75, 3.05) is 13.1 Å². The van der Waals surface area contributed by atoms with E-state index in [0.29, 0.717) is 0 Å². The average Bonchev–Trinajstić information content (AvgIpc) is 2.92. The fourth-order valence-electron chi connectivity index (χ4n) is 2.75. The summed E-state index contributed by atoms with van der Waals surface area (Å²) in [5, 5.41) is 10.7. The van der Waals surface area contributed by atoms with Crippen LogP contribution in [0, 0.1) is 10.1 Å². The molecule has 2 aliphatic rings. The molecule has 0 fully saturated rings. The second kappa shape index (κ2) is 5.14. The minimum Gasteiger partial charge on any atom is -0.296 e. The van der Waals surface area contributed by atoms with E-state index in [-0.39, 0.29) is 10.6 Å². The average molecular weight is 311 g/mol. The number of benzene rings is 2. The number of non-ortho nitro benzene ring substituents is 1. The fourth-order valence-corrected chi connectivity index (χ4v) is 3.89. The highest BCUT2D eigenvalue weighted by atomic mass is 32.2. The van der Waals surface area contributed by atoms with Crippen molar-refractivity contribution in [3.63, 3.8) is 0 Å². The minimum absolute atomic E-state index is 0.116. The van der Waals surface area contributed by atoms with E-state index in [1.807, 2.05) is 0 Å². The maximum atomic E-state index is 10.7. The molecule has 0 unspecified atom stereocenters. The van der Waals surface area contributed by atoms with Crippen LogP contribution in [0.25, 0.3) is 11.1 Å². The van der Waals surface area contributed by atoms with E-state index in [1.165, 1.54) is 10.5 Å². The fraction of sp³-hybridized carbons (Fsp3) is 0.188. The van der Waals surface area contributed by atoms with Crippen LogP contribution in [-0.2, 0) is 0 Å². The first-order valence-electron chi connectivity index (χ1n) is 7.11. The lowest BCUT2D eigenvalue weighted by molar-refractivity contribution is -0.384. The Morgan fingerprint density at radius 1 is 1.14 bits per heavy atom. The predicted octanol–water partition coefficient (Wildman–Crippen LogP) is 3.73. The normalized spacial score (nSPS) is 16.0. The van der Waals surface area contributed by atoms with Crippen molar-refractivity contribution >= 4 is 23.5 Å². The summed E-state index contributed by atoms with van der Waals surface area (Å²) in [5.74, 6) is 1.08. The van der Waals surface area contributed by atoms with E-state index in [0.717, 1.165) is 36.5 Å². The zero-order valence-corrected chi connectivity index (χ0v) is 12.5. The lowest BCUT2D eigenvalue weighted by Gasteiger charge is -2.20. The predicted molar refractivity (Wildman–Crippen MR) is 87.1 cm³/mol. The van der Waals surface area contributed by atoms with Crippen LogP contribution in [0.3, 0.4) is 0 Å². The van der Waals surface area contributed by atoms with E-state index < -0.39 is 0 Å². The van der Waals surface area contributed by atoms with Crippen molar-refractivity contribution in [3.8, 4) is 11.1 Å². The second-order valence-corrected chi connectivity index (χ2v) is 6.33. The van der Waals surface area contributed by atoms with Gasteiger partial charge < -0.3 is 0 Å². The molecular formula is C16H13N3O2S. The van der Waals surface area contributed by atoms with Gasteiger partial charge in [0.05, 0.1) is 4.92 Å². The molecule has 0 saturated carbocycles. The third-order valence-electron chi connectivity index (χ3n) is 3.86. The molecular weight excluding hydrogens is 298 g/mol. The Kier molecular flexibility index (Phi) is 3.11. The molecule has 4 rings (SSSR count). The van der Waals surface area contributed by atoms with Gasteiger partial charge in [0.2, 0.25) is 0 Å². The highest BCUT2D eigenvalue weighted by Gasteiger charge is 2.28. The van der Waals surface area contributed by atoms with Gasteiger partial charge in [-0.3, -0.25) is 19.4 Å². The van der Waals surface area contributed by atoms with Gasteiger partial charge in [-0.15, -0.1) is 0 Å². The van der Waals surface area contributed by atoms with Crippen molar-refractivity contribution in [3.05, 3.63) is 58.1 Å². The highest BCUT2D eigenvalue weighted by molar-refractivity contribution is 7.98. The van der Waals surface area contributed by atoms with Crippen LogP contribution in [0.5, 0.6) is 0 Å². The van der Waals surface area contributed by atoms with E-state index in [1.54, 1.807) is 36.2 Å². The molecule has 2 heterocycles. The second-order valence-electron chi connectivity index (χ2n) is 5.27. The first-order chi connectivity index (χ1) is 10.7. The molecule has 0 atom stereocenters. The summed E-state index contributed by atoms with van der Waals surface area (Å²) in [5.41, 5.74) is 3.36. The van der Waals surface area contributed by atoms with Crippen molar-refractivity contribution in [2.24, 2.45) is 4.99 Å². The standard InChI is InChI=1S/C16H13N3O2S/c20-19(21)13-5-2-11(3-6-13)12-4-7-14-15(10-12)22-18-9-1-8-17-16(14)18/h2-7,10H,1,8-9H2. The van der Waals surface area contributed by atoms with Crippen molar-refractivity contribution < 1.29 is 4.92 Å². The van der Waals surface area contributed by atoms with Crippen LogP contribution in [0.4, 0.5) is 5.69 Å². The van der Waals surface area contributed by atoms with Gasteiger partial charge in [-0.05, 0) is 53.8 Å². The van der Waals surface area contributed by atoms with E-state index in [2.05, 4.69) is 27.5 Å². The van der Waals surface area contributed by atoms with Crippen molar-refractivity contribution in [2.45, 2.75) is 11.3 Å². The molecule has 2 aromatic rings. The number of nitro groups is 1. The molecule has 0 radical (unpaired) electrons. The third kappa shape index (κ3) is 2.16. The van der Waals surface area contributed by atoms with Gasteiger partial charge >= 0.3 is 0 Å². The summed E-state index contributed by atoms with van der Waals surface area (Å²) in [6, 6.07) is 13.0. The van der Waals surface area contributed by atoms with Gasteiger partial charge in [-0.2, -0.15) is 0 Å². The highest BCUT2D eigenvalue weighted by Crippen LogP contribution is 2.39. The number of amidine groups is 1. The summed E-state index contributed by atoms with van der Waals surface area (Å²) in [7, 11) is 0. The topological polar surface area (TPSA) is 58.7 Å². The third-order valence-corrected chi connectivity index (χ3v) is 4.97. The van der Waals surface area contributed by atoms with Gasteiger partial charge in [0.25, 0.3) is 5.69 Å². The number of hydrogen-bond donors (Lipinski definition) is 0. The summed E-state index contributed by atoms with van der Waals surface area (Å²) < 4.78 is 2.24. The molecule has 0 aromatic heterocycles. The first-order valence-corrected chi connectivity index (χ1v) is 7.89. The van der Waals surface area contributed by atoms with Crippen LogP contribution >= 0.6 is 11.9 Å². The smallest absolute Gasteiger partial charge is 0.269 e. The van der Waals surface area contributed by atoms with Gasteiger partial charge in [-0.25, -0.2) is 0 Å². The Balaban J connectivity index is 1.70. The molecule has 2 aromatic carbocycles. The SMILES string of the molecule is O=[N+]([O-])c1ccc(-c2ccc3c(c2)SN2CCCN=C32)cc1. The van der Waals surface area contributed by atoms with Gasteiger partial charge in [0.15, 0.2) is 0 Å². The molecule has 0 aliphatic carbocycles. The van der Waals surface area contributed by atoms with Crippen LogP contribution in [-0.4, -0.2) is 28.2 Å². The molecule has 0 amide bonds. The molecule has 0 bridgehead atoms. The molecule has 110 valence electrons. The largest absolute Gasteiger partial charge is 0.296 e. The number of rotatable bonds is 2. The zero-order chi connectivity index (χ0) is 15.1. The quantitative estimate of drug-likeness (QED) is 0.481. The van der Waals surface area contributed by atoms with E-state index >= 15 is 0 Å². The Hall–Kier alpha value is -2.34. The summed E-state index contributed by atoms with van der Waals surface area (Å²) in [4.78, 5) is 16.2. The molecule has 0 spiro atoms. The van der Waals surface area contributed by atoms with Gasteiger partial charge in [-0.1, -0.05) is 6.07 Å². The Morgan fingerprint density at radius 2 is 1.91 bits per heavy atom. The summed E-state index contributed by atoms with van der Waals surface area (Å²) in [6.07, 6.45) is 1.10. The monoisotopic (exact) mass is 311 g/mol. The molecule has 6 heteroatoms. The van der Waals surface area contributed by atoms with Crippen LogP contribution in [0.1, 0.15) is 12.0 Å². The Bertz CT molecular complexity index is 786. The van der Waals surface area contributed by atoms with Gasteiger partial charge in [0, 0.05) is 35.7 Å². The molecule has 2 aliphatic heterocycles. The van der Waals surface area contributed by atoms with Crippen LogP contribution < -0.4 is 0 Å². The Morgan fingerprint density at radius 3 is 2.68 bits per heavy atom. The number of nitrogens with zero attached hydrogens (tertiary/aromatic N) is 3. The minimum atomic E-state index is -0.377. The number of fused-ring (bicyclic) bond motifs is 3. The zero-order valence-electron chi connectivity index (χ0n) is 11.7. The summed E-state index contributed by atoms with van der Waals surface area (Å²) in [6.45, 7) is 1.93. The molecule has 22 heavy (non-hydrogen) atoms. The maximum Gasteiger partial charge on any atom is 0.269 e. The van der Waals surface area contributed by atoms with Crippen molar-refractivity contribution in [1.29, 1.82) is 0 Å². The van der Waals surface area contributed by atoms with Crippen molar-refractivity contribution in [1.82, 2.24) is 4.31 Å². The van der Waals surface area contributed by atoms with E-state index in [4.69, 9.17) is 0 Å².